The van der Waals surface area contributed by atoms with E-state index in [1.165, 1.54) is 0 Å². The summed E-state index contributed by atoms with van der Waals surface area (Å²) in [6.07, 6.45) is 0. The highest BCUT2D eigenvalue weighted by atomic mass is 35.5. The maximum Gasteiger partial charge on any atom is 0.251 e. The normalized spacial score (nSPS) is 16.9. The first-order valence-corrected chi connectivity index (χ1v) is 6.45. The zero-order valence-corrected chi connectivity index (χ0v) is 11.2. The van der Waals surface area contributed by atoms with E-state index in [1.807, 2.05) is 49.4 Å². The van der Waals surface area contributed by atoms with Crippen LogP contribution in [-0.2, 0) is 4.79 Å². The molecule has 0 saturated carbocycles. The lowest BCUT2D eigenvalue weighted by molar-refractivity contribution is -0.116. The summed E-state index contributed by atoms with van der Waals surface area (Å²) in [5.74, 6) is -0.0576. The smallest absolute Gasteiger partial charge is 0.251 e. The van der Waals surface area contributed by atoms with Crippen molar-refractivity contribution in [1.29, 1.82) is 0 Å². The molecule has 4 heteroatoms. The Morgan fingerprint density at radius 2 is 2.00 bits per heavy atom. The maximum atomic E-state index is 12.0. The van der Waals surface area contributed by atoms with Crippen molar-refractivity contribution in [2.24, 2.45) is 0 Å². The average Bonchev–Trinajstić information content (AvgIpc) is 2.69. The van der Waals surface area contributed by atoms with Crippen LogP contribution in [0.1, 0.15) is 17.2 Å². The number of amides is 1. The Labute approximate surface area is 116 Å². The van der Waals surface area contributed by atoms with E-state index in [-0.39, 0.29) is 5.91 Å². The number of hydrogen-bond donors (Lipinski definition) is 2. The summed E-state index contributed by atoms with van der Waals surface area (Å²) in [6.45, 7) is 1.98. The molecule has 96 valence electrons. The van der Waals surface area contributed by atoms with Crippen LogP contribution >= 0.6 is 11.6 Å². The summed E-state index contributed by atoms with van der Waals surface area (Å²) in [5, 5.41) is 6.67. The number of aryl methyl sites for hydroxylation is 1. The lowest BCUT2D eigenvalue weighted by Crippen LogP contribution is -2.19. The van der Waals surface area contributed by atoms with Gasteiger partial charge in [-0.25, -0.2) is 0 Å². The molecule has 1 aliphatic rings. The van der Waals surface area contributed by atoms with Crippen LogP contribution in [0.4, 0.5) is 11.4 Å². The fourth-order valence-corrected chi connectivity index (χ4v) is 2.53. The predicted octanol–water partition coefficient (Wildman–Crippen LogP) is 3.75. The standard InChI is InChI=1S/C15H13ClN2O/c1-9-6-7-13(11(16)8-9)17-14-10-4-2-3-5-12(10)18-15(14)19/h2-8,14,17H,1H3,(H,18,19). The second-order valence-corrected chi connectivity index (χ2v) is 5.04. The molecule has 19 heavy (non-hydrogen) atoms. The molecule has 2 aromatic carbocycles. The minimum absolute atomic E-state index is 0.0576. The molecule has 1 heterocycles. The van der Waals surface area contributed by atoms with Gasteiger partial charge in [0, 0.05) is 11.3 Å². The molecular weight excluding hydrogens is 260 g/mol. The first kappa shape index (κ1) is 12.1. The number of hydrogen-bond acceptors (Lipinski definition) is 2. The van der Waals surface area contributed by atoms with E-state index >= 15 is 0 Å². The highest BCUT2D eigenvalue weighted by molar-refractivity contribution is 6.33. The van der Waals surface area contributed by atoms with Gasteiger partial charge in [-0.15, -0.1) is 0 Å². The number of fused-ring (bicyclic) bond motifs is 1. The molecule has 0 bridgehead atoms. The number of nitrogens with one attached hydrogen (secondary N) is 2. The van der Waals surface area contributed by atoms with Gasteiger partial charge in [0.25, 0.3) is 5.91 Å². The molecule has 3 rings (SSSR count). The van der Waals surface area contributed by atoms with Crippen LogP contribution in [-0.4, -0.2) is 5.91 Å². The third-order valence-electron chi connectivity index (χ3n) is 3.22. The molecule has 1 unspecified atom stereocenters. The van der Waals surface area contributed by atoms with Gasteiger partial charge in [0.2, 0.25) is 0 Å². The summed E-state index contributed by atoms with van der Waals surface area (Å²) in [4.78, 5) is 12.0. The van der Waals surface area contributed by atoms with Crippen LogP contribution in [0.5, 0.6) is 0 Å². The van der Waals surface area contributed by atoms with Gasteiger partial charge in [0.05, 0.1) is 10.7 Å². The molecule has 0 aromatic heterocycles. The third kappa shape index (κ3) is 2.17. The first-order chi connectivity index (χ1) is 9.15. The number of carbonyl (C=O) groups excluding carboxylic acids is 1. The van der Waals surface area contributed by atoms with Crippen LogP contribution in [0.2, 0.25) is 5.02 Å². The molecule has 2 N–H and O–H groups in total. The Hall–Kier alpha value is -2.00. The average molecular weight is 273 g/mol. The fraction of sp³-hybridized carbons (Fsp3) is 0.133. The van der Waals surface area contributed by atoms with Gasteiger partial charge in [-0.1, -0.05) is 35.9 Å². The van der Waals surface area contributed by atoms with Crippen LogP contribution in [0, 0.1) is 6.92 Å². The topological polar surface area (TPSA) is 41.1 Å². The Kier molecular flexibility index (Phi) is 2.91. The molecule has 1 aliphatic heterocycles. The second-order valence-electron chi connectivity index (χ2n) is 4.64. The van der Waals surface area contributed by atoms with Crippen molar-refractivity contribution in [1.82, 2.24) is 0 Å². The molecule has 0 saturated heterocycles. The zero-order valence-electron chi connectivity index (χ0n) is 10.4. The molecule has 1 amide bonds. The minimum Gasteiger partial charge on any atom is -0.369 e. The SMILES string of the molecule is Cc1ccc(NC2C(=O)Nc3ccccc32)c(Cl)c1. The summed E-state index contributed by atoms with van der Waals surface area (Å²) >= 11 is 6.19. The fourth-order valence-electron chi connectivity index (χ4n) is 2.24. The molecule has 0 aliphatic carbocycles. The van der Waals surface area contributed by atoms with Crippen molar-refractivity contribution in [3.63, 3.8) is 0 Å². The van der Waals surface area contributed by atoms with Crippen molar-refractivity contribution in [3.8, 4) is 0 Å². The molecule has 0 radical (unpaired) electrons. The van der Waals surface area contributed by atoms with Crippen molar-refractivity contribution in [2.45, 2.75) is 13.0 Å². The molecular formula is C15H13ClN2O. The van der Waals surface area contributed by atoms with Crippen LogP contribution < -0.4 is 10.6 Å². The van der Waals surface area contributed by atoms with Crippen LogP contribution in [0.25, 0.3) is 0 Å². The van der Waals surface area contributed by atoms with Gasteiger partial charge in [-0.3, -0.25) is 4.79 Å². The van der Waals surface area contributed by atoms with Gasteiger partial charge in [-0.2, -0.15) is 0 Å². The lowest BCUT2D eigenvalue weighted by atomic mass is 10.1. The quantitative estimate of drug-likeness (QED) is 0.874. The summed E-state index contributed by atoms with van der Waals surface area (Å²) in [6, 6.07) is 13.0. The van der Waals surface area contributed by atoms with Crippen molar-refractivity contribution in [2.75, 3.05) is 10.6 Å². The largest absolute Gasteiger partial charge is 0.369 e. The Morgan fingerprint density at radius 3 is 2.79 bits per heavy atom. The van der Waals surface area contributed by atoms with E-state index in [9.17, 15) is 4.79 Å². The number of carbonyl (C=O) groups is 1. The third-order valence-corrected chi connectivity index (χ3v) is 3.53. The Bertz CT molecular complexity index is 654. The highest BCUT2D eigenvalue weighted by Gasteiger charge is 2.30. The molecule has 0 fully saturated rings. The van der Waals surface area contributed by atoms with Crippen molar-refractivity contribution >= 4 is 28.9 Å². The predicted molar refractivity (Wildman–Crippen MR) is 77.6 cm³/mol. The van der Waals surface area contributed by atoms with Gasteiger partial charge in [-0.05, 0) is 30.7 Å². The van der Waals surface area contributed by atoms with Gasteiger partial charge in [0.15, 0.2) is 0 Å². The van der Waals surface area contributed by atoms with Gasteiger partial charge >= 0.3 is 0 Å². The van der Waals surface area contributed by atoms with Gasteiger partial charge in [0.1, 0.15) is 6.04 Å². The minimum atomic E-state index is -0.392. The summed E-state index contributed by atoms with van der Waals surface area (Å²) < 4.78 is 0. The van der Waals surface area contributed by atoms with E-state index < -0.39 is 6.04 Å². The number of para-hydroxylation sites is 1. The highest BCUT2D eigenvalue weighted by Crippen LogP contribution is 2.34. The summed E-state index contributed by atoms with van der Waals surface area (Å²) in [7, 11) is 0. The number of rotatable bonds is 2. The molecule has 3 nitrogen and oxygen atoms in total. The molecule has 1 atom stereocenters. The number of anilines is 2. The molecule has 2 aromatic rings. The second kappa shape index (κ2) is 4.59. The number of halogens is 1. The summed E-state index contributed by atoms with van der Waals surface area (Å²) in [5.41, 5.74) is 3.66. The lowest BCUT2D eigenvalue weighted by Gasteiger charge is -2.14. The molecule has 0 spiro atoms. The monoisotopic (exact) mass is 272 g/mol. The van der Waals surface area contributed by atoms with Gasteiger partial charge < -0.3 is 10.6 Å². The van der Waals surface area contributed by atoms with E-state index in [4.69, 9.17) is 11.6 Å². The number of benzene rings is 2. The van der Waals surface area contributed by atoms with E-state index in [0.29, 0.717) is 5.02 Å². The Balaban J connectivity index is 1.93. The van der Waals surface area contributed by atoms with Crippen molar-refractivity contribution in [3.05, 3.63) is 58.6 Å². The van der Waals surface area contributed by atoms with E-state index in [0.717, 1.165) is 22.5 Å². The van der Waals surface area contributed by atoms with Crippen LogP contribution in [0.15, 0.2) is 42.5 Å². The van der Waals surface area contributed by atoms with E-state index in [1.54, 1.807) is 0 Å². The first-order valence-electron chi connectivity index (χ1n) is 6.07. The van der Waals surface area contributed by atoms with Crippen LogP contribution in [0.3, 0.4) is 0 Å². The maximum absolute atomic E-state index is 12.0. The van der Waals surface area contributed by atoms with Crippen molar-refractivity contribution < 1.29 is 4.79 Å². The Morgan fingerprint density at radius 1 is 1.21 bits per heavy atom. The van der Waals surface area contributed by atoms with E-state index in [2.05, 4.69) is 10.6 Å². The zero-order chi connectivity index (χ0) is 13.4.